The van der Waals surface area contributed by atoms with E-state index in [1.807, 2.05) is 48.5 Å². The molecule has 26 heavy (non-hydrogen) atoms. The summed E-state index contributed by atoms with van der Waals surface area (Å²) in [6.07, 6.45) is -0.457. The molecular weight excluding hydrogens is 350 g/mol. The van der Waals surface area contributed by atoms with Gasteiger partial charge >= 0.3 is 0 Å². The molecule has 0 fully saturated rings. The highest BCUT2D eigenvalue weighted by Crippen LogP contribution is 2.27. The molecule has 0 saturated carbocycles. The Morgan fingerprint density at radius 2 is 1.62 bits per heavy atom. The summed E-state index contributed by atoms with van der Waals surface area (Å²) in [4.78, 5) is 0.228. The van der Waals surface area contributed by atoms with Crippen molar-refractivity contribution in [1.82, 2.24) is 4.72 Å². The second-order valence-corrected chi connectivity index (χ2v) is 7.59. The van der Waals surface area contributed by atoms with Gasteiger partial charge in [-0.15, -0.1) is 0 Å². The first-order chi connectivity index (χ1) is 12.5. The van der Waals surface area contributed by atoms with Gasteiger partial charge in [0.15, 0.2) is 0 Å². The summed E-state index contributed by atoms with van der Waals surface area (Å²) in [5, 5.41) is 1.87. The van der Waals surface area contributed by atoms with Crippen molar-refractivity contribution >= 4 is 20.8 Å². The zero-order valence-corrected chi connectivity index (χ0v) is 15.5. The zero-order valence-electron chi connectivity index (χ0n) is 14.7. The van der Waals surface area contributed by atoms with Gasteiger partial charge < -0.3 is 9.47 Å². The van der Waals surface area contributed by atoms with E-state index in [0.29, 0.717) is 5.75 Å². The fraction of sp³-hybridized carbons (Fsp3) is 0.200. The Kier molecular flexibility index (Phi) is 5.56. The van der Waals surface area contributed by atoms with E-state index in [0.717, 1.165) is 16.3 Å². The molecule has 0 aliphatic rings. The molecule has 0 bridgehead atoms. The van der Waals surface area contributed by atoms with E-state index in [-0.39, 0.29) is 11.4 Å². The first kappa shape index (κ1) is 18.4. The van der Waals surface area contributed by atoms with E-state index >= 15 is 0 Å². The molecule has 0 spiro atoms. The summed E-state index contributed by atoms with van der Waals surface area (Å²) in [5.74, 6) is 0.657. The number of benzene rings is 3. The molecule has 5 nitrogen and oxygen atoms in total. The second kappa shape index (κ2) is 7.86. The third-order valence-electron chi connectivity index (χ3n) is 4.26. The molecule has 3 aromatic carbocycles. The summed E-state index contributed by atoms with van der Waals surface area (Å²) in [7, 11) is -0.538. The van der Waals surface area contributed by atoms with Crippen LogP contribution in [0.4, 0.5) is 0 Å². The Morgan fingerprint density at radius 1 is 0.923 bits per heavy atom. The van der Waals surface area contributed by atoms with Crippen LogP contribution in [0.15, 0.2) is 71.6 Å². The average Bonchev–Trinajstić information content (AvgIpc) is 2.68. The Bertz CT molecular complexity index is 1000. The van der Waals surface area contributed by atoms with Gasteiger partial charge in [0, 0.05) is 19.2 Å². The van der Waals surface area contributed by atoms with Crippen molar-refractivity contribution in [2.45, 2.75) is 11.0 Å². The van der Waals surface area contributed by atoms with Crippen molar-refractivity contribution in [2.24, 2.45) is 0 Å². The SMILES string of the molecule is COc1ccccc1C(CNS(=O)(=O)c1ccc2ccccc2c1)OC. The van der Waals surface area contributed by atoms with Gasteiger partial charge in [0.05, 0.1) is 18.1 Å². The van der Waals surface area contributed by atoms with Gasteiger partial charge in [-0.2, -0.15) is 0 Å². The molecule has 0 amide bonds. The summed E-state index contributed by atoms with van der Waals surface area (Å²) in [6.45, 7) is 0.103. The molecule has 6 heteroatoms. The number of para-hydroxylation sites is 1. The van der Waals surface area contributed by atoms with Crippen molar-refractivity contribution in [2.75, 3.05) is 20.8 Å². The van der Waals surface area contributed by atoms with Gasteiger partial charge in [0.2, 0.25) is 10.0 Å². The predicted molar refractivity (Wildman–Crippen MR) is 102 cm³/mol. The summed E-state index contributed by atoms with van der Waals surface area (Å²) in [5.41, 5.74) is 0.790. The Hall–Kier alpha value is -2.41. The Morgan fingerprint density at radius 3 is 2.35 bits per heavy atom. The fourth-order valence-electron chi connectivity index (χ4n) is 2.86. The van der Waals surface area contributed by atoms with Crippen LogP contribution in [0, 0.1) is 0 Å². The minimum absolute atomic E-state index is 0.103. The van der Waals surface area contributed by atoms with Gasteiger partial charge in [-0.3, -0.25) is 0 Å². The predicted octanol–water partition coefficient (Wildman–Crippen LogP) is 3.51. The highest BCUT2D eigenvalue weighted by Gasteiger charge is 2.20. The van der Waals surface area contributed by atoms with Crippen LogP contribution < -0.4 is 9.46 Å². The standard InChI is InChI=1S/C20H21NO4S/c1-24-19-10-6-5-9-18(19)20(25-2)14-21-26(22,23)17-12-11-15-7-3-4-8-16(15)13-17/h3-13,20-21H,14H2,1-2H3. The summed E-state index contributed by atoms with van der Waals surface area (Å²) < 4.78 is 38.8. The van der Waals surface area contributed by atoms with Crippen LogP contribution in [-0.2, 0) is 14.8 Å². The summed E-state index contributed by atoms with van der Waals surface area (Å²) >= 11 is 0. The number of sulfonamides is 1. The maximum absolute atomic E-state index is 12.7. The molecule has 0 radical (unpaired) electrons. The van der Waals surface area contributed by atoms with E-state index in [1.54, 1.807) is 32.4 Å². The second-order valence-electron chi connectivity index (χ2n) is 5.83. The minimum Gasteiger partial charge on any atom is -0.496 e. The Labute approximate surface area is 153 Å². The number of ether oxygens (including phenoxy) is 2. The van der Waals surface area contributed by atoms with Crippen LogP contribution in [0.3, 0.4) is 0 Å². The minimum atomic E-state index is -3.66. The quantitative estimate of drug-likeness (QED) is 0.690. The number of methoxy groups -OCH3 is 2. The third-order valence-corrected chi connectivity index (χ3v) is 5.68. The van der Waals surface area contributed by atoms with E-state index in [4.69, 9.17) is 9.47 Å². The number of hydrogen-bond acceptors (Lipinski definition) is 4. The lowest BCUT2D eigenvalue weighted by Gasteiger charge is -2.19. The molecular formula is C20H21NO4S. The highest BCUT2D eigenvalue weighted by molar-refractivity contribution is 7.89. The molecule has 0 aliphatic carbocycles. The monoisotopic (exact) mass is 371 g/mol. The number of fused-ring (bicyclic) bond motifs is 1. The van der Waals surface area contributed by atoms with E-state index in [2.05, 4.69) is 4.72 Å². The zero-order chi connectivity index (χ0) is 18.6. The number of rotatable bonds is 7. The van der Waals surface area contributed by atoms with Gasteiger partial charge in [0.25, 0.3) is 0 Å². The van der Waals surface area contributed by atoms with Crippen LogP contribution in [0.5, 0.6) is 5.75 Å². The summed E-state index contributed by atoms with van der Waals surface area (Å²) in [6, 6.07) is 20.1. The maximum atomic E-state index is 12.7. The van der Waals surface area contributed by atoms with Crippen LogP contribution in [-0.4, -0.2) is 29.2 Å². The average molecular weight is 371 g/mol. The highest BCUT2D eigenvalue weighted by atomic mass is 32.2. The van der Waals surface area contributed by atoms with Crippen LogP contribution in [0.25, 0.3) is 10.8 Å². The van der Waals surface area contributed by atoms with E-state index < -0.39 is 16.1 Å². The molecule has 0 aliphatic heterocycles. The van der Waals surface area contributed by atoms with Crippen molar-refractivity contribution in [3.05, 3.63) is 72.3 Å². The molecule has 1 N–H and O–H groups in total. The third kappa shape index (κ3) is 3.88. The van der Waals surface area contributed by atoms with Crippen molar-refractivity contribution in [1.29, 1.82) is 0 Å². The molecule has 136 valence electrons. The number of hydrogen-bond donors (Lipinski definition) is 1. The lowest BCUT2D eigenvalue weighted by atomic mass is 10.1. The largest absolute Gasteiger partial charge is 0.496 e. The molecule has 0 saturated heterocycles. The first-order valence-electron chi connectivity index (χ1n) is 8.19. The van der Waals surface area contributed by atoms with Crippen molar-refractivity contribution in [3.8, 4) is 5.75 Å². The van der Waals surface area contributed by atoms with Gasteiger partial charge in [-0.1, -0.05) is 48.5 Å². The lowest BCUT2D eigenvalue weighted by Crippen LogP contribution is -2.29. The molecule has 3 rings (SSSR count). The smallest absolute Gasteiger partial charge is 0.240 e. The molecule has 1 unspecified atom stereocenters. The molecule has 0 heterocycles. The van der Waals surface area contributed by atoms with Crippen LogP contribution >= 0.6 is 0 Å². The van der Waals surface area contributed by atoms with Gasteiger partial charge in [-0.25, -0.2) is 13.1 Å². The maximum Gasteiger partial charge on any atom is 0.240 e. The first-order valence-corrected chi connectivity index (χ1v) is 9.67. The lowest BCUT2D eigenvalue weighted by molar-refractivity contribution is 0.105. The number of nitrogens with one attached hydrogen (secondary N) is 1. The Balaban J connectivity index is 1.81. The van der Waals surface area contributed by atoms with Gasteiger partial charge in [-0.05, 0) is 29.0 Å². The van der Waals surface area contributed by atoms with Crippen LogP contribution in [0.2, 0.25) is 0 Å². The van der Waals surface area contributed by atoms with E-state index in [9.17, 15) is 8.42 Å². The van der Waals surface area contributed by atoms with Gasteiger partial charge in [0.1, 0.15) is 5.75 Å². The van der Waals surface area contributed by atoms with E-state index in [1.165, 1.54) is 0 Å². The molecule has 0 aromatic heterocycles. The van der Waals surface area contributed by atoms with Crippen molar-refractivity contribution in [3.63, 3.8) is 0 Å². The normalized spacial score (nSPS) is 12.8. The molecule has 1 atom stereocenters. The molecule has 3 aromatic rings. The topological polar surface area (TPSA) is 64.6 Å². The van der Waals surface area contributed by atoms with Crippen molar-refractivity contribution < 1.29 is 17.9 Å². The van der Waals surface area contributed by atoms with Crippen LogP contribution in [0.1, 0.15) is 11.7 Å². The fourth-order valence-corrected chi connectivity index (χ4v) is 3.92.